The van der Waals surface area contributed by atoms with Gasteiger partial charge in [-0.05, 0) is 12.5 Å². The van der Waals surface area contributed by atoms with Crippen LogP contribution >= 0.6 is 0 Å². The number of carbonyl (C=O) groups is 1. The molecule has 0 atom stereocenters. The molecule has 0 aliphatic carbocycles. The predicted octanol–water partition coefficient (Wildman–Crippen LogP) is 1.37. The van der Waals surface area contributed by atoms with E-state index in [0.717, 1.165) is 38.3 Å². The zero-order chi connectivity index (χ0) is 18.5. The summed E-state index contributed by atoms with van der Waals surface area (Å²) in [6, 6.07) is 14.8. The smallest absolute Gasteiger partial charge is 0.269 e. The van der Waals surface area contributed by atoms with E-state index in [1.165, 1.54) is 28.2 Å². The van der Waals surface area contributed by atoms with Gasteiger partial charge in [0.2, 0.25) is 5.91 Å². The molecule has 0 spiro atoms. The number of nitrogens with zero attached hydrogens (tertiary/aromatic N) is 2. The maximum absolute atomic E-state index is 12.5. The van der Waals surface area contributed by atoms with Crippen LogP contribution in [0.3, 0.4) is 0 Å². The fourth-order valence-corrected chi connectivity index (χ4v) is 3.38. The van der Waals surface area contributed by atoms with E-state index in [2.05, 4.69) is 31.2 Å². The van der Waals surface area contributed by atoms with Gasteiger partial charge < -0.3 is 9.80 Å². The molecule has 1 saturated heterocycles. The number of hydrogen-bond donors (Lipinski definition) is 1. The average Bonchev–Trinajstić information content (AvgIpc) is 2.63. The number of non-ortho nitro benzene ring substituents is 1. The summed E-state index contributed by atoms with van der Waals surface area (Å²) < 4.78 is 0. The minimum Gasteiger partial charge on any atom is -0.331 e. The summed E-state index contributed by atoms with van der Waals surface area (Å²) in [5.74, 6) is 0.0912. The molecule has 0 saturated carbocycles. The third-order valence-electron chi connectivity index (χ3n) is 4.86. The predicted molar refractivity (Wildman–Crippen MR) is 99.0 cm³/mol. The molecule has 1 N–H and O–H groups in total. The molecule has 3 rings (SSSR count). The Bertz CT molecular complexity index is 781. The number of benzene rings is 2. The van der Waals surface area contributed by atoms with Gasteiger partial charge in [0.1, 0.15) is 6.54 Å². The Morgan fingerprint density at radius 3 is 2.42 bits per heavy atom. The summed E-state index contributed by atoms with van der Waals surface area (Å²) in [4.78, 5) is 26.1. The van der Waals surface area contributed by atoms with Crippen molar-refractivity contribution in [1.29, 1.82) is 0 Å². The summed E-state index contributed by atoms with van der Waals surface area (Å²) in [7, 11) is 0. The van der Waals surface area contributed by atoms with E-state index in [0.29, 0.717) is 6.42 Å². The van der Waals surface area contributed by atoms with Crippen molar-refractivity contribution in [2.75, 3.05) is 26.2 Å². The van der Waals surface area contributed by atoms with Crippen LogP contribution in [0.15, 0.2) is 48.5 Å². The lowest BCUT2D eigenvalue weighted by molar-refractivity contribution is -0.917. The van der Waals surface area contributed by atoms with Crippen LogP contribution in [0.2, 0.25) is 0 Å². The Labute approximate surface area is 153 Å². The number of quaternary nitrogens is 1. The number of carbonyl (C=O) groups excluding carboxylic acids is 1. The molecule has 0 bridgehead atoms. The molecule has 2 aromatic carbocycles. The maximum Gasteiger partial charge on any atom is 0.269 e. The molecule has 6 heteroatoms. The second-order valence-electron chi connectivity index (χ2n) is 6.90. The van der Waals surface area contributed by atoms with Crippen molar-refractivity contribution in [3.8, 4) is 0 Å². The van der Waals surface area contributed by atoms with Gasteiger partial charge in [-0.3, -0.25) is 14.9 Å². The van der Waals surface area contributed by atoms with Gasteiger partial charge in [-0.15, -0.1) is 0 Å². The highest BCUT2D eigenvalue weighted by atomic mass is 16.6. The molecule has 6 nitrogen and oxygen atoms in total. The second kappa shape index (κ2) is 8.10. The summed E-state index contributed by atoms with van der Waals surface area (Å²) in [5.41, 5.74) is 3.48. The van der Waals surface area contributed by atoms with Crippen molar-refractivity contribution in [1.82, 2.24) is 4.90 Å². The molecule has 136 valence electrons. The van der Waals surface area contributed by atoms with Crippen LogP contribution in [0.25, 0.3) is 0 Å². The lowest BCUT2D eigenvalue weighted by atomic mass is 10.1. The summed E-state index contributed by atoms with van der Waals surface area (Å²) >= 11 is 0. The van der Waals surface area contributed by atoms with Gasteiger partial charge in [0, 0.05) is 17.7 Å². The topological polar surface area (TPSA) is 67.9 Å². The third-order valence-corrected chi connectivity index (χ3v) is 4.86. The zero-order valence-corrected chi connectivity index (χ0v) is 15.0. The Morgan fingerprint density at radius 1 is 1.12 bits per heavy atom. The van der Waals surface area contributed by atoms with Crippen LogP contribution in [-0.2, 0) is 17.8 Å². The molecule has 1 fully saturated rings. The van der Waals surface area contributed by atoms with Crippen molar-refractivity contribution in [2.45, 2.75) is 19.9 Å². The van der Waals surface area contributed by atoms with Gasteiger partial charge in [0.25, 0.3) is 5.69 Å². The van der Waals surface area contributed by atoms with Crippen LogP contribution in [-0.4, -0.2) is 41.9 Å². The monoisotopic (exact) mass is 354 g/mol. The zero-order valence-electron chi connectivity index (χ0n) is 15.0. The van der Waals surface area contributed by atoms with Gasteiger partial charge in [-0.2, -0.15) is 0 Å². The van der Waals surface area contributed by atoms with Crippen LogP contribution in [0, 0.1) is 17.0 Å². The largest absolute Gasteiger partial charge is 0.331 e. The molecule has 0 aromatic heterocycles. The SMILES string of the molecule is Cc1cccc(C[NH+]2CCN(C(=O)Cc3ccc([N+](=O)[O-])cc3)CC2)c1. The number of piperazine rings is 1. The first-order valence-electron chi connectivity index (χ1n) is 8.91. The van der Waals surface area contributed by atoms with Crippen molar-refractivity contribution in [3.05, 3.63) is 75.3 Å². The van der Waals surface area contributed by atoms with Crippen LogP contribution in [0.1, 0.15) is 16.7 Å². The van der Waals surface area contributed by atoms with Gasteiger partial charge in [-0.1, -0.05) is 42.0 Å². The molecule has 0 radical (unpaired) electrons. The summed E-state index contributed by atoms with van der Waals surface area (Å²) in [6.07, 6.45) is 0.297. The van der Waals surface area contributed by atoms with Crippen molar-refractivity contribution in [2.24, 2.45) is 0 Å². The molecule has 2 aromatic rings. The Balaban J connectivity index is 1.49. The van der Waals surface area contributed by atoms with Crippen molar-refractivity contribution in [3.63, 3.8) is 0 Å². The fraction of sp³-hybridized carbons (Fsp3) is 0.350. The highest BCUT2D eigenvalue weighted by Gasteiger charge is 2.23. The number of nitro groups is 1. The number of nitro benzene ring substituents is 1. The number of nitrogens with one attached hydrogen (secondary N) is 1. The van der Waals surface area contributed by atoms with E-state index in [4.69, 9.17) is 0 Å². The number of amides is 1. The van der Waals surface area contributed by atoms with Gasteiger partial charge in [0.15, 0.2) is 0 Å². The first-order chi connectivity index (χ1) is 12.5. The van der Waals surface area contributed by atoms with E-state index in [1.54, 1.807) is 12.1 Å². The normalized spacial score (nSPS) is 15.0. The van der Waals surface area contributed by atoms with E-state index in [1.807, 2.05) is 4.90 Å². The van der Waals surface area contributed by atoms with E-state index < -0.39 is 4.92 Å². The molecule has 26 heavy (non-hydrogen) atoms. The minimum atomic E-state index is -0.429. The van der Waals surface area contributed by atoms with Gasteiger partial charge in [-0.25, -0.2) is 0 Å². The molecule has 1 aliphatic heterocycles. The van der Waals surface area contributed by atoms with E-state index >= 15 is 0 Å². The number of rotatable bonds is 5. The summed E-state index contributed by atoms with van der Waals surface area (Å²) in [6.45, 7) is 6.50. The maximum atomic E-state index is 12.5. The van der Waals surface area contributed by atoms with E-state index in [9.17, 15) is 14.9 Å². The number of hydrogen-bond acceptors (Lipinski definition) is 3. The first kappa shape index (κ1) is 18.1. The Morgan fingerprint density at radius 2 is 1.81 bits per heavy atom. The quantitative estimate of drug-likeness (QED) is 0.651. The van der Waals surface area contributed by atoms with Crippen LogP contribution in [0.5, 0.6) is 0 Å². The summed E-state index contributed by atoms with van der Waals surface area (Å²) in [5, 5.41) is 10.7. The van der Waals surface area contributed by atoms with Crippen molar-refractivity contribution >= 4 is 11.6 Å². The first-order valence-corrected chi connectivity index (χ1v) is 8.91. The lowest BCUT2D eigenvalue weighted by Gasteiger charge is -2.32. The average molecular weight is 354 g/mol. The van der Waals surface area contributed by atoms with Gasteiger partial charge in [0.05, 0.1) is 37.5 Å². The molecular weight excluding hydrogens is 330 g/mol. The highest BCUT2D eigenvalue weighted by molar-refractivity contribution is 5.78. The van der Waals surface area contributed by atoms with Crippen LogP contribution in [0.4, 0.5) is 5.69 Å². The fourth-order valence-electron chi connectivity index (χ4n) is 3.38. The Hall–Kier alpha value is -2.73. The number of aryl methyl sites for hydroxylation is 1. The second-order valence-corrected chi connectivity index (χ2v) is 6.90. The van der Waals surface area contributed by atoms with Crippen LogP contribution < -0.4 is 4.90 Å². The third kappa shape index (κ3) is 4.67. The lowest BCUT2D eigenvalue weighted by Crippen LogP contribution is -3.13. The minimum absolute atomic E-state index is 0.0505. The molecule has 0 unspecified atom stereocenters. The molecule has 1 amide bonds. The van der Waals surface area contributed by atoms with Crippen molar-refractivity contribution < 1.29 is 14.6 Å². The Kier molecular flexibility index (Phi) is 5.63. The molecular formula is C20H24N3O3+. The standard InChI is InChI=1S/C20H23N3O3/c1-16-3-2-4-18(13-16)15-21-9-11-22(12-10-21)20(24)14-17-5-7-19(8-6-17)23(25)26/h2-8,13H,9-12,14-15H2,1H3/p+1. The van der Waals surface area contributed by atoms with E-state index in [-0.39, 0.29) is 11.6 Å². The molecule has 1 heterocycles. The highest BCUT2D eigenvalue weighted by Crippen LogP contribution is 2.13. The van der Waals surface area contributed by atoms with Gasteiger partial charge >= 0.3 is 0 Å². The molecule has 1 aliphatic rings.